The van der Waals surface area contributed by atoms with Gasteiger partial charge in [0.1, 0.15) is 11.5 Å². The van der Waals surface area contributed by atoms with Crippen LogP contribution in [0.3, 0.4) is 0 Å². The van der Waals surface area contributed by atoms with Crippen LogP contribution in [0.15, 0.2) is 73.6 Å². The van der Waals surface area contributed by atoms with Gasteiger partial charge in [0.2, 0.25) is 5.91 Å². The summed E-state index contributed by atoms with van der Waals surface area (Å²) in [5.41, 5.74) is 7.92. The van der Waals surface area contributed by atoms with Crippen molar-refractivity contribution in [1.82, 2.24) is 24.5 Å². The topological polar surface area (TPSA) is 76.8 Å². The number of anilines is 1. The predicted octanol–water partition coefficient (Wildman–Crippen LogP) is 5.19. The minimum atomic E-state index is 0.196. The van der Waals surface area contributed by atoms with Gasteiger partial charge in [-0.2, -0.15) is 0 Å². The minimum Gasteiger partial charge on any atom is -0.335 e. The Morgan fingerprint density at radius 1 is 0.800 bits per heavy atom. The van der Waals surface area contributed by atoms with Crippen LogP contribution in [0.5, 0.6) is 0 Å². The summed E-state index contributed by atoms with van der Waals surface area (Å²) in [6.45, 7) is 2.67. The van der Waals surface area contributed by atoms with E-state index in [4.69, 9.17) is 4.98 Å². The van der Waals surface area contributed by atoms with Gasteiger partial charge in [0.05, 0.1) is 0 Å². The van der Waals surface area contributed by atoms with Crippen LogP contribution in [0.4, 0.5) is 5.69 Å². The van der Waals surface area contributed by atoms with Gasteiger partial charge in [0.25, 0.3) is 0 Å². The number of benzene rings is 1. The minimum absolute atomic E-state index is 0.196. The lowest BCUT2D eigenvalue weighted by Crippen LogP contribution is -2.23. The summed E-state index contributed by atoms with van der Waals surface area (Å²) >= 11 is 0. The van der Waals surface area contributed by atoms with Gasteiger partial charge in [-0.15, -0.1) is 0 Å². The van der Waals surface area contributed by atoms with Crippen molar-refractivity contribution in [3.05, 3.63) is 79.4 Å². The molecule has 7 heteroatoms. The van der Waals surface area contributed by atoms with E-state index in [1.165, 1.54) is 0 Å². The van der Waals surface area contributed by atoms with E-state index >= 15 is 0 Å². The SMILES string of the molecule is Cc1ncc(-c2cn(C)c3ncc(-c4cncc(-c5ccc(N6CCCC6=O)cc5)c4)cc23)cn1. The largest absolute Gasteiger partial charge is 0.335 e. The van der Waals surface area contributed by atoms with Gasteiger partial charge in [0.15, 0.2) is 0 Å². The Morgan fingerprint density at radius 2 is 1.49 bits per heavy atom. The third-order valence-electron chi connectivity index (χ3n) is 6.56. The molecule has 6 rings (SSSR count). The molecule has 1 amide bonds. The van der Waals surface area contributed by atoms with E-state index in [9.17, 15) is 4.79 Å². The number of hydrogen-bond acceptors (Lipinski definition) is 5. The number of rotatable bonds is 4. The van der Waals surface area contributed by atoms with Gasteiger partial charge in [-0.05, 0) is 43.2 Å². The number of carbonyl (C=O) groups is 1. The molecule has 1 aliphatic heterocycles. The molecule has 7 nitrogen and oxygen atoms in total. The van der Waals surface area contributed by atoms with Gasteiger partial charge < -0.3 is 9.47 Å². The quantitative estimate of drug-likeness (QED) is 0.369. The van der Waals surface area contributed by atoms with Crippen LogP contribution in [0.2, 0.25) is 0 Å². The van der Waals surface area contributed by atoms with E-state index in [1.54, 1.807) is 0 Å². The highest BCUT2D eigenvalue weighted by Crippen LogP contribution is 2.33. The molecule has 35 heavy (non-hydrogen) atoms. The molecular formula is C28H24N6O. The van der Waals surface area contributed by atoms with Gasteiger partial charge in [-0.3, -0.25) is 9.78 Å². The van der Waals surface area contributed by atoms with E-state index in [-0.39, 0.29) is 5.91 Å². The van der Waals surface area contributed by atoms with Crippen LogP contribution in [0, 0.1) is 6.92 Å². The van der Waals surface area contributed by atoms with Crippen LogP contribution in [0.1, 0.15) is 18.7 Å². The Labute approximate surface area is 203 Å². The van der Waals surface area contributed by atoms with E-state index in [0.717, 1.165) is 68.9 Å². The van der Waals surface area contributed by atoms with Crippen LogP contribution >= 0.6 is 0 Å². The average molecular weight is 461 g/mol. The second kappa shape index (κ2) is 8.43. The van der Waals surface area contributed by atoms with E-state index in [0.29, 0.717) is 6.42 Å². The second-order valence-corrected chi connectivity index (χ2v) is 8.93. The molecule has 0 radical (unpaired) electrons. The fraction of sp³-hybridized carbons (Fsp3) is 0.179. The molecule has 172 valence electrons. The summed E-state index contributed by atoms with van der Waals surface area (Å²) in [4.78, 5) is 31.9. The molecule has 0 spiro atoms. The number of pyridine rings is 2. The predicted molar refractivity (Wildman–Crippen MR) is 137 cm³/mol. The van der Waals surface area contributed by atoms with E-state index < -0.39 is 0 Å². The van der Waals surface area contributed by atoms with Crippen molar-refractivity contribution in [2.24, 2.45) is 7.05 Å². The molecule has 0 aliphatic carbocycles. The average Bonchev–Trinajstić information content (AvgIpc) is 3.47. The van der Waals surface area contributed by atoms with Crippen LogP contribution < -0.4 is 4.90 Å². The van der Waals surface area contributed by atoms with Crippen molar-refractivity contribution in [3.63, 3.8) is 0 Å². The molecule has 5 aromatic rings. The zero-order valence-electron chi connectivity index (χ0n) is 19.6. The lowest BCUT2D eigenvalue weighted by molar-refractivity contribution is -0.117. The normalized spacial score (nSPS) is 13.7. The zero-order valence-corrected chi connectivity index (χ0v) is 19.6. The van der Waals surface area contributed by atoms with Crippen molar-refractivity contribution < 1.29 is 4.79 Å². The smallest absolute Gasteiger partial charge is 0.227 e. The molecule has 0 atom stereocenters. The number of carbonyl (C=O) groups excluding carboxylic acids is 1. The summed E-state index contributed by atoms with van der Waals surface area (Å²) in [5, 5.41) is 1.04. The first-order valence-corrected chi connectivity index (χ1v) is 11.7. The molecule has 1 fully saturated rings. The van der Waals surface area contributed by atoms with Gasteiger partial charge in [-0.25, -0.2) is 15.0 Å². The maximum Gasteiger partial charge on any atom is 0.227 e. The summed E-state index contributed by atoms with van der Waals surface area (Å²) in [7, 11) is 2.00. The van der Waals surface area contributed by atoms with Gasteiger partial charge in [0, 0.05) is 96.1 Å². The lowest BCUT2D eigenvalue weighted by Gasteiger charge is -2.16. The Hall–Kier alpha value is -4.39. The van der Waals surface area contributed by atoms with Crippen molar-refractivity contribution in [2.45, 2.75) is 19.8 Å². The molecule has 0 saturated carbocycles. The van der Waals surface area contributed by atoms with Gasteiger partial charge in [-0.1, -0.05) is 12.1 Å². The molecule has 5 heterocycles. The lowest BCUT2D eigenvalue weighted by atomic mass is 10.0. The molecule has 0 N–H and O–H groups in total. The van der Waals surface area contributed by atoms with Crippen molar-refractivity contribution in [1.29, 1.82) is 0 Å². The Bertz CT molecular complexity index is 1550. The maximum absolute atomic E-state index is 12.1. The Morgan fingerprint density at radius 3 is 2.20 bits per heavy atom. The maximum atomic E-state index is 12.1. The standard InChI is InChI=1S/C28H24N6O/c1-18-30-15-23(16-31-18)26-17-33(2)28-25(26)11-22(14-32-28)21-10-20(12-29-13-21)19-5-7-24(8-6-19)34-9-3-4-27(34)35/h5-8,10-17H,3-4,9H2,1-2H3. The van der Waals surface area contributed by atoms with Crippen LogP contribution in [-0.2, 0) is 11.8 Å². The highest BCUT2D eigenvalue weighted by Gasteiger charge is 2.21. The number of hydrogen-bond donors (Lipinski definition) is 0. The summed E-state index contributed by atoms with van der Waals surface area (Å²) in [6.07, 6.45) is 12.9. The number of aromatic nitrogens is 5. The van der Waals surface area contributed by atoms with Crippen molar-refractivity contribution >= 4 is 22.6 Å². The Balaban J connectivity index is 1.36. The van der Waals surface area contributed by atoms with E-state index in [2.05, 4.69) is 45.4 Å². The number of aryl methyl sites for hydroxylation is 2. The highest BCUT2D eigenvalue weighted by molar-refractivity contribution is 5.97. The molecular weight excluding hydrogens is 436 g/mol. The van der Waals surface area contributed by atoms with Gasteiger partial charge >= 0.3 is 0 Å². The summed E-state index contributed by atoms with van der Waals surface area (Å²) in [5.74, 6) is 0.942. The number of fused-ring (bicyclic) bond motifs is 1. The molecule has 1 saturated heterocycles. The third-order valence-corrected chi connectivity index (χ3v) is 6.56. The zero-order chi connectivity index (χ0) is 23.9. The van der Waals surface area contributed by atoms with Crippen molar-refractivity contribution in [3.8, 4) is 33.4 Å². The third kappa shape index (κ3) is 3.85. The summed E-state index contributed by atoms with van der Waals surface area (Å²) in [6, 6.07) is 12.4. The molecule has 0 unspecified atom stereocenters. The molecule has 0 bridgehead atoms. The monoisotopic (exact) mass is 460 g/mol. The molecule has 4 aromatic heterocycles. The second-order valence-electron chi connectivity index (χ2n) is 8.93. The first kappa shape index (κ1) is 21.2. The number of nitrogens with zero attached hydrogens (tertiary/aromatic N) is 6. The molecule has 1 aromatic carbocycles. The van der Waals surface area contributed by atoms with Crippen LogP contribution in [-0.4, -0.2) is 37.0 Å². The Kier molecular flexibility index (Phi) is 5.10. The number of amides is 1. The van der Waals surface area contributed by atoms with Crippen LogP contribution in [0.25, 0.3) is 44.4 Å². The first-order valence-electron chi connectivity index (χ1n) is 11.7. The first-order chi connectivity index (χ1) is 17.1. The summed E-state index contributed by atoms with van der Waals surface area (Å²) < 4.78 is 2.02. The molecule has 1 aliphatic rings. The van der Waals surface area contributed by atoms with Crippen molar-refractivity contribution in [2.75, 3.05) is 11.4 Å². The fourth-order valence-electron chi connectivity index (χ4n) is 4.69. The highest BCUT2D eigenvalue weighted by atomic mass is 16.2. The fourth-order valence-corrected chi connectivity index (χ4v) is 4.69. The van der Waals surface area contributed by atoms with E-state index in [1.807, 2.05) is 66.6 Å².